The number of nitrogens with one attached hydrogen (secondary N) is 1. The molecule has 3 N–H and O–H groups in total. The minimum atomic E-state index is -4.27. The van der Waals surface area contributed by atoms with Gasteiger partial charge in [0.05, 0.1) is 18.1 Å². The van der Waals surface area contributed by atoms with Gasteiger partial charge in [0.1, 0.15) is 12.4 Å². The number of aromatic amines is 1. The van der Waals surface area contributed by atoms with Crippen LogP contribution in [0.15, 0.2) is 18.2 Å². The molecular formula is C10H11N3O5S2. The molecule has 0 bridgehead atoms. The molecule has 20 heavy (non-hydrogen) atoms. The lowest BCUT2D eigenvalue weighted by atomic mass is 10.3. The minimum Gasteiger partial charge on any atom is -0.497 e. The van der Waals surface area contributed by atoms with Gasteiger partial charge in [-0.2, -0.15) is 12.4 Å². The summed E-state index contributed by atoms with van der Waals surface area (Å²) >= 11 is 4.95. The summed E-state index contributed by atoms with van der Waals surface area (Å²) in [6.45, 7) is -0.763. The van der Waals surface area contributed by atoms with Crippen LogP contribution in [-0.4, -0.2) is 37.0 Å². The van der Waals surface area contributed by atoms with Gasteiger partial charge < -0.3 is 15.5 Å². The average molecular weight is 317 g/mol. The Hall–Kier alpha value is -1.91. The third-order valence-electron chi connectivity index (χ3n) is 2.42. The molecule has 2 aromatic rings. The van der Waals surface area contributed by atoms with E-state index >= 15 is 0 Å². The van der Waals surface area contributed by atoms with E-state index < -0.39 is 22.8 Å². The first-order valence-corrected chi connectivity index (χ1v) is 7.09. The van der Waals surface area contributed by atoms with Crippen molar-refractivity contribution in [2.75, 3.05) is 13.7 Å². The van der Waals surface area contributed by atoms with Crippen molar-refractivity contribution in [3.8, 4) is 5.75 Å². The molecule has 2 rings (SSSR count). The molecule has 0 saturated carbocycles. The second kappa shape index (κ2) is 5.23. The number of ether oxygens (including phenoxy) is 1. The number of fused-ring (bicyclic) bond motifs is 1. The number of benzene rings is 1. The Labute approximate surface area is 119 Å². The summed E-state index contributed by atoms with van der Waals surface area (Å²) in [5.41, 5.74) is 5.59. The molecule has 1 amide bonds. The predicted molar refractivity (Wildman–Crippen MR) is 73.1 cm³/mol. The summed E-state index contributed by atoms with van der Waals surface area (Å²) in [7, 11) is -2.82. The van der Waals surface area contributed by atoms with Crippen molar-refractivity contribution in [2.45, 2.75) is 0 Å². The molecule has 0 aliphatic rings. The van der Waals surface area contributed by atoms with Gasteiger partial charge in [-0.1, -0.05) is 0 Å². The fourth-order valence-electron chi connectivity index (χ4n) is 1.59. The Morgan fingerprint density at radius 1 is 1.50 bits per heavy atom. The maximum atomic E-state index is 12.0. The van der Waals surface area contributed by atoms with E-state index in [4.69, 9.17) is 22.7 Å². The molecule has 108 valence electrons. The Morgan fingerprint density at radius 2 is 2.20 bits per heavy atom. The van der Waals surface area contributed by atoms with Crippen LogP contribution in [-0.2, 0) is 19.3 Å². The smallest absolute Gasteiger partial charge is 0.369 e. The standard InChI is InChI=1S/C10H11N3O5S2/c1-17-6-2-3-7-8(4-6)13(10(19)12-7)20(15,16)18-5-9(11)14/h2-4H,5H2,1H3,(H2,11,14)(H,12,19). The average Bonchev–Trinajstić information content (AvgIpc) is 2.71. The van der Waals surface area contributed by atoms with E-state index in [1.54, 1.807) is 12.1 Å². The maximum absolute atomic E-state index is 12.0. The van der Waals surface area contributed by atoms with Gasteiger partial charge in [-0.15, -0.1) is 0 Å². The fraction of sp³-hybridized carbons (Fsp3) is 0.200. The molecule has 1 aromatic heterocycles. The number of nitrogens with zero attached hydrogens (tertiary/aromatic N) is 1. The molecule has 0 fully saturated rings. The van der Waals surface area contributed by atoms with Crippen molar-refractivity contribution >= 4 is 39.5 Å². The van der Waals surface area contributed by atoms with E-state index in [1.807, 2.05) is 0 Å². The minimum absolute atomic E-state index is 0.0854. The van der Waals surface area contributed by atoms with Gasteiger partial charge in [0.15, 0.2) is 4.77 Å². The monoisotopic (exact) mass is 317 g/mol. The lowest BCUT2D eigenvalue weighted by Gasteiger charge is -2.06. The number of methoxy groups -OCH3 is 1. The van der Waals surface area contributed by atoms with Gasteiger partial charge in [-0.25, -0.2) is 4.18 Å². The Bertz CT molecular complexity index is 821. The predicted octanol–water partition coefficient (Wildman–Crippen LogP) is 0.302. The van der Waals surface area contributed by atoms with Crippen molar-refractivity contribution in [3.05, 3.63) is 23.0 Å². The normalized spacial score (nSPS) is 11.7. The van der Waals surface area contributed by atoms with Crippen LogP contribution in [0.25, 0.3) is 11.0 Å². The van der Waals surface area contributed by atoms with E-state index in [1.165, 1.54) is 13.2 Å². The highest BCUT2D eigenvalue weighted by atomic mass is 32.2. The van der Waals surface area contributed by atoms with Crippen LogP contribution in [0.2, 0.25) is 0 Å². The maximum Gasteiger partial charge on any atom is 0.369 e. The lowest BCUT2D eigenvalue weighted by molar-refractivity contribution is -0.119. The number of primary amides is 1. The van der Waals surface area contributed by atoms with E-state index in [0.29, 0.717) is 11.3 Å². The molecule has 0 aliphatic heterocycles. The molecule has 1 aromatic carbocycles. The number of carbonyl (C=O) groups excluding carboxylic acids is 1. The zero-order valence-corrected chi connectivity index (χ0v) is 12.0. The van der Waals surface area contributed by atoms with Gasteiger partial charge >= 0.3 is 10.3 Å². The van der Waals surface area contributed by atoms with E-state index in [0.717, 1.165) is 3.97 Å². The van der Waals surface area contributed by atoms with Crippen molar-refractivity contribution < 1.29 is 22.1 Å². The van der Waals surface area contributed by atoms with Crippen LogP contribution in [0.5, 0.6) is 5.75 Å². The van der Waals surface area contributed by atoms with Gasteiger partial charge in [0, 0.05) is 6.07 Å². The number of hydrogen-bond donors (Lipinski definition) is 2. The first-order valence-electron chi connectivity index (χ1n) is 5.32. The largest absolute Gasteiger partial charge is 0.497 e. The molecule has 0 atom stereocenters. The number of carbonyl (C=O) groups is 1. The van der Waals surface area contributed by atoms with Crippen LogP contribution >= 0.6 is 12.2 Å². The number of aromatic nitrogens is 2. The lowest BCUT2D eigenvalue weighted by Crippen LogP contribution is -2.24. The number of rotatable bonds is 5. The van der Waals surface area contributed by atoms with Crippen LogP contribution < -0.4 is 10.5 Å². The number of nitrogens with two attached hydrogens (primary N) is 1. The van der Waals surface area contributed by atoms with Gasteiger partial charge in [-0.3, -0.25) is 4.79 Å². The molecular weight excluding hydrogens is 306 g/mol. The summed E-state index contributed by atoms with van der Waals surface area (Å²) < 4.78 is 34.3. The van der Waals surface area contributed by atoms with Crippen molar-refractivity contribution in [1.29, 1.82) is 0 Å². The molecule has 10 heteroatoms. The van der Waals surface area contributed by atoms with E-state index in [2.05, 4.69) is 9.17 Å². The molecule has 0 spiro atoms. The second-order valence-electron chi connectivity index (χ2n) is 3.76. The topological polar surface area (TPSA) is 116 Å². The molecule has 0 unspecified atom stereocenters. The molecule has 0 radical (unpaired) electrons. The number of hydrogen-bond acceptors (Lipinski definition) is 6. The first kappa shape index (κ1) is 14.5. The van der Waals surface area contributed by atoms with Gasteiger partial charge in [0.25, 0.3) is 0 Å². The summed E-state index contributed by atoms with van der Waals surface area (Å²) in [4.78, 5) is 13.4. The van der Waals surface area contributed by atoms with Crippen LogP contribution in [0.1, 0.15) is 0 Å². The van der Waals surface area contributed by atoms with Crippen LogP contribution in [0.4, 0.5) is 0 Å². The first-order chi connectivity index (χ1) is 9.35. The fourth-order valence-corrected chi connectivity index (χ4v) is 3.09. The molecule has 8 nitrogen and oxygen atoms in total. The summed E-state index contributed by atoms with van der Waals surface area (Å²) in [5, 5.41) is 0. The van der Waals surface area contributed by atoms with Gasteiger partial charge in [0.2, 0.25) is 5.91 Å². The highest BCUT2D eigenvalue weighted by molar-refractivity contribution is 7.85. The molecule has 0 aliphatic carbocycles. The number of imidazole rings is 1. The van der Waals surface area contributed by atoms with E-state index in [9.17, 15) is 13.2 Å². The third-order valence-corrected chi connectivity index (χ3v) is 4.07. The SMILES string of the molecule is COc1ccc2[nH]c(=S)n(S(=O)(=O)OCC(N)=O)c2c1. The van der Waals surface area contributed by atoms with Crippen LogP contribution in [0.3, 0.4) is 0 Å². The van der Waals surface area contributed by atoms with Crippen molar-refractivity contribution in [1.82, 2.24) is 8.96 Å². The zero-order chi connectivity index (χ0) is 14.9. The number of amides is 1. The summed E-state index contributed by atoms with van der Waals surface area (Å²) in [6, 6.07) is 4.74. The molecule has 1 heterocycles. The number of H-pyrrole nitrogens is 1. The van der Waals surface area contributed by atoms with Crippen molar-refractivity contribution in [3.63, 3.8) is 0 Å². The third kappa shape index (κ3) is 2.66. The van der Waals surface area contributed by atoms with Crippen molar-refractivity contribution in [2.24, 2.45) is 5.73 Å². The zero-order valence-electron chi connectivity index (χ0n) is 10.3. The Kier molecular flexibility index (Phi) is 3.79. The van der Waals surface area contributed by atoms with E-state index in [-0.39, 0.29) is 10.3 Å². The van der Waals surface area contributed by atoms with Gasteiger partial charge in [-0.05, 0) is 24.4 Å². The quantitative estimate of drug-likeness (QED) is 0.766. The summed E-state index contributed by atoms with van der Waals surface area (Å²) in [5.74, 6) is -0.456. The summed E-state index contributed by atoms with van der Waals surface area (Å²) in [6.07, 6.45) is 0. The Balaban J connectivity index is 2.61. The second-order valence-corrected chi connectivity index (χ2v) is 5.61. The molecule has 0 saturated heterocycles. The Morgan fingerprint density at radius 3 is 2.80 bits per heavy atom. The highest BCUT2D eigenvalue weighted by Gasteiger charge is 2.20. The van der Waals surface area contributed by atoms with Crippen LogP contribution in [0, 0.1) is 4.77 Å². The highest BCUT2D eigenvalue weighted by Crippen LogP contribution is 2.22.